The molecule has 2 aromatic heterocycles. The van der Waals surface area contributed by atoms with Crippen molar-refractivity contribution in [3.63, 3.8) is 0 Å². The minimum Gasteiger partial charge on any atom is -0.348 e. The number of hydrogen-bond acceptors (Lipinski definition) is 5. The Morgan fingerprint density at radius 1 is 1.07 bits per heavy atom. The van der Waals surface area contributed by atoms with E-state index in [0.717, 1.165) is 16.7 Å². The Bertz CT molecular complexity index is 1120. The normalized spacial score (nSPS) is 11.6. The fraction of sp³-hybridized carbons (Fsp3) is 0.286. The summed E-state index contributed by atoms with van der Waals surface area (Å²) in [5.74, 6) is -0.284. The molecular weight excluding hydrogens is 402 g/mol. The summed E-state index contributed by atoms with van der Waals surface area (Å²) in [6.45, 7) is 4.68. The highest BCUT2D eigenvalue weighted by atomic mass is 32.2. The first-order valence-corrected chi connectivity index (χ1v) is 11.1. The molecule has 1 aromatic carbocycles. The van der Waals surface area contributed by atoms with E-state index in [-0.39, 0.29) is 10.8 Å². The molecule has 1 N–H and O–H groups in total. The number of benzene rings is 1. The largest absolute Gasteiger partial charge is 0.348 e. The van der Waals surface area contributed by atoms with Gasteiger partial charge in [0.25, 0.3) is 5.91 Å². The summed E-state index contributed by atoms with van der Waals surface area (Å²) in [5.41, 5.74) is 3.11. The number of carbonyl (C=O) groups is 1. The van der Waals surface area contributed by atoms with Gasteiger partial charge in [0, 0.05) is 62.0 Å². The molecule has 158 valence electrons. The Labute approximate surface area is 176 Å². The van der Waals surface area contributed by atoms with Crippen molar-refractivity contribution in [3.8, 4) is 11.1 Å². The first kappa shape index (κ1) is 21.7. The third-order valence-electron chi connectivity index (χ3n) is 4.75. The molecule has 0 saturated carbocycles. The molecule has 9 heteroatoms. The molecular formula is C21H25N5O3S. The average molecular weight is 428 g/mol. The highest BCUT2D eigenvalue weighted by molar-refractivity contribution is 7.89. The number of aromatic nitrogens is 3. The summed E-state index contributed by atoms with van der Waals surface area (Å²) in [6, 6.07) is 7.93. The van der Waals surface area contributed by atoms with E-state index in [1.807, 2.05) is 19.3 Å². The Balaban J connectivity index is 1.67. The van der Waals surface area contributed by atoms with Gasteiger partial charge in [0.1, 0.15) is 0 Å². The number of aryl methyl sites for hydroxylation is 1. The molecule has 0 aliphatic carbocycles. The Hall–Kier alpha value is -3.04. The fourth-order valence-corrected chi connectivity index (χ4v) is 4.55. The van der Waals surface area contributed by atoms with Gasteiger partial charge < -0.3 is 5.32 Å². The van der Waals surface area contributed by atoms with E-state index in [9.17, 15) is 13.2 Å². The second-order valence-electron chi connectivity index (χ2n) is 6.78. The maximum atomic E-state index is 12.5. The molecule has 3 aromatic rings. The summed E-state index contributed by atoms with van der Waals surface area (Å²) in [5, 5.41) is 7.00. The molecule has 2 heterocycles. The fourth-order valence-electron chi connectivity index (χ4n) is 3.09. The summed E-state index contributed by atoms with van der Waals surface area (Å²) in [7, 11) is -1.70. The molecule has 1 amide bonds. The molecule has 0 aliphatic heterocycles. The number of carbonyl (C=O) groups excluding carboxylic acids is 1. The third-order valence-corrected chi connectivity index (χ3v) is 6.81. The molecule has 0 unspecified atom stereocenters. The van der Waals surface area contributed by atoms with Gasteiger partial charge in [-0.1, -0.05) is 13.8 Å². The third kappa shape index (κ3) is 4.74. The van der Waals surface area contributed by atoms with E-state index in [4.69, 9.17) is 0 Å². The lowest BCUT2D eigenvalue weighted by Crippen LogP contribution is -2.30. The quantitative estimate of drug-likeness (QED) is 0.596. The van der Waals surface area contributed by atoms with Crippen LogP contribution in [0, 0.1) is 0 Å². The van der Waals surface area contributed by atoms with Crippen molar-refractivity contribution in [1.82, 2.24) is 24.4 Å². The molecule has 0 saturated heterocycles. The first-order chi connectivity index (χ1) is 14.3. The number of hydrogen-bond donors (Lipinski definition) is 1. The molecule has 0 bridgehead atoms. The van der Waals surface area contributed by atoms with E-state index >= 15 is 0 Å². The molecule has 8 nitrogen and oxygen atoms in total. The molecule has 3 rings (SSSR count). The summed E-state index contributed by atoms with van der Waals surface area (Å²) < 4.78 is 28.2. The summed E-state index contributed by atoms with van der Waals surface area (Å²) >= 11 is 0. The van der Waals surface area contributed by atoms with Crippen LogP contribution in [0.25, 0.3) is 11.1 Å². The predicted octanol–water partition coefficient (Wildman–Crippen LogP) is 2.44. The Kier molecular flexibility index (Phi) is 6.63. The number of sulfonamides is 1. The zero-order valence-electron chi connectivity index (χ0n) is 17.2. The van der Waals surface area contributed by atoms with Gasteiger partial charge in [0.2, 0.25) is 10.0 Å². The number of nitrogens with zero attached hydrogens (tertiary/aromatic N) is 4. The Morgan fingerprint density at radius 3 is 2.37 bits per heavy atom. The van der Waals surface area contributed by atoms with Gasteiger partial charge in [-0.3, -0.25) is 14.5 Å². The van der Waals surface area contributed by atoms with Gasteiger partial charge in [-0.25, -0.2) is 8.42 Å². The second-order valence-corrected chi connectivity index (χ2v) is 8.72. The predicted molar refractivity (Wildman–Crippen MR) is 114 cm³/mol. The van der Waals surface area contributed by atoms with Crippen molar-refractivity contribution < 1.29 is 13.2 Å². The van der Waals surface area contributed by atoms with Crippen molar-refractivity contribution in [2.24, 2.45) is 7.05 Å². The van der Waals surface area contributed by atoms with Gasteiger partial charge in [-0.15, -0.1) is 0 Å². The van der Waals surface area contributed by atoms with E-state index in [0.29, 0.717) is 25.2 Å². The van der Waals surface area contributed by atoms with Gasteiger partial charge in [0.15, 0.2) is 0 Å². The van der Waals surface area contributed by atoms with Gasteiger partial charge in [-0.05, 0) is 35.9 Å². The topological polar surface area (TPSA) is 97.2 Å². The standard InChI is InChI=1S/C21H25N5O3S/c1-4-26(5-2)30(28,29)20-8-6-17(7-9-20)21(27)23-12-16-10-18(13-22-11-16)19-14-24-25(3)15-19/h6-11,13-15H,4-5,12H2,1-3H3,(H,23,27). The van der Waals surface area contributed by atoms with Crippen LogP contribution in [0.5, 0.6) is 0 Å². The van der Waals surface area contributed by atoms with Crippen LogP contribution in [0.2, 0.25) is 0 Å². The zero-order valence-corrected chi connectivity index (χ0v) is 18.1. The highest BCUT2D eigenvalue weighted by Gasteiger charge is 2.21. The zero-order chi connectivity index (χ0) is 21.7. The van der Waals surface area contributed by atoms with Crippen LogP contribution in [0.15, 0.2) is 60.0 Å². The minimum atomic E-state index is -3.54. The molecule has 30 heavy (non-hydrogen) atoms. The molecule has 0 aliphatic rings. The van der Waals surface area contributed by atoms with Crippen molar-refractivity contribution in [3.05, 3.63) is 66.2 Å². The molecule has 0 atom stereocenters. The van der Waals surface area contributed by atoms with Gasteiger partial charge in [0.05, 0.1) is 11.1 Å². The minimum absolute atomic E-state index is 0.177. The van der Waals surface area contributed by atoms with Crippen LogP contribution in [0.3, 0.4) is 0 Å². The molecule has 0 fully saturated rings. The lowest BCUT2D eigenvalue weighted by atomic mass is 10.1. The lowest BCUT2D eigenvalue weighted by molar-refractivity contribution is 0.0950. The smallest absolute Gasteiger partial charge is 0.251 e. The second kappa shape index (κ2) is 9.19. The van der Waals surface area contributed by atoms with E-state index in [1.165, 1.54) is 28.6 Å². The van der Waals surface area contributed by atoms with Crippen molar-refractivity contribution in [1.29, 1.82) is 0 Å². The van der Waals surface area contributed by atoms with E-state index in [2.05, 4.69) is 15.4 Å². The van der Waals surface area contributed by atoms with Crippen molar-refractivity contribution >= 4 is 15.9 Å². The van der Waals surface area contributed by atoms with E-state index in [1.54, 1.807) is 37.1 Å². The number of rotatable bonds is 8. The highest BCUT2D eigenvalue weighted by Crippen LogP contribution is 2.19. The van der Waals surface area contributed by atoms with Gasteiger partial charge >= 0.3 is 0 Å². The van der Waals surface area contributed by atoms with Crippen LogP contribution in [0.4, 0.5) is 0 Å². The number of amides is 1. The maximum Gasteiger partial charge on any atom is 0.251 e. The van der Waals surface area contributed by atoms with Crippen LogP contribution in [-0.2, 0) is 23.6 Å². The molecule has 0 radical (unpaired) electrons. The SMILES string of the molecule is CCN(CC)S(=O)(=O)c1ccc(C(=O)NCc2cncc(-c3cnn(C)c3)c2)cc1. The van der Waals surface area contributed by atoms with Crippen LogP contribution < -0.4 is 5.32 Å². The van der Waals surface area contributed by atoms with Crippen molar-refractivity contribution in [2.45, 2.75) is 25.3 Å². The average Bonchev–Trinajstić information content (AvgIpc) is 3.19. The number of pyridine rings is 1. The van der Waals surface area contributed by atoms with Crippen molar-refractivity contribution in [2.75, 3.05) is 13.1 Å². The Morgan fingerprint density at radius 2 is 1.77 bits per heavy atom. The maximum absolute atomic E-state index is 12.5. The van der Waals surface area contributed by atoms with Crippen LogP contribution in [-0.4, -0.2) is 46.5 Å². The number of nitrogens with one attached hydrogen (secondary N) is 1. The van der Waals surface area contributed by atoms with Gasteiger partial charge in [-0.2, -0.15) is 9.40 Å². The van der Waals surface area contributed by atoms with E-state index < -0.39 is 10.0 Å². The summed E-state index contributed by atoms with van der Waals surface area (Å²) in [4.78, 5) is 16.9. The first-order valence-electron chi connectivity index (χ1n) is 9.66. The lowest BCUT2D eigenvalue weighted by Gasteiger charge is -2.18. The van der Waals surface area contributed by atoms with Crippen LogP contribution >= 0.6 is 0 Å². The van der Waals surface area contributed by atoms with Crippen LogP contribution in [0.1, 0.15) is 29.8 Å². The monoisotopic (exact) mass is 427 g/mol. The summed E-state index contributed by atoms with van der Waals surface area (Å²) in [6.07, 6.45) is 7.09. The molecule has 0 spiro atoms.